The highest BCUT2D eigenvalue weighted by molar-refractivity contribution is 6.04. The van der Waals surface area contributed by atoms with Gasteiger partial charge in [0.2, 0.25) is 11.8 Å². The van der Waals surface area contributed by atoms with Crippen molar-refractivity contribution >= 4 is 17.5 Å². The van der Waals surface area contributed by atoms with Crippen molar-refractivity contribution in [3.63, 3.8) is 0 Å². The van der Waals surface area contributed by atoms with E-state index in [1.165, 1.54) is 6.42 Å². The molecule has 1 aliphatic carbocycles. The largest absolute Gasteiger partial charge is 0.372 e. The van der Waals surface area contributed by atoms with E-state index in [9.17, 15) is 9.59 Å². The van der Waals surface area contributed by atoms with E-state index in [0.717, 1.165) is 31.2 Å². The van der Waals surface area contributed by atoms with Gasteiger partial charge in [-0.3, -0.25) is 19.5 Å². The number of ether oxygens (including phenoxy) is 1. The van der Waals surface area contributed by atoms with E-state index in [0.29, 0.717) is 17.8 Å². The monoisotopic (exact) mass is 506 g/mol. The molecular weight excluding hydrogens is 464 g/mol. The number of morpholine rings is 1. The Morgan fingerprint density at radius 1 is 1.11 bits per heavy atom. The molecule has 2 atom stereocenters. The lowest BCUT2D eigenvalue weighted by molar-refractivity contribution is -0.132. The number of amides is 2. The zero-order valence-electron chi connectivity index (χ0n) is 22.9. The molecule has 1 saturated carbocycles. The quantitative estimate of drug-likeness (QED) is 0.595. The Bertz CT molecular complexity index is 1050. The van der Waals surface area contributed by atoms with Gasteiger partial charge in [-0.25, -0.2) is 0 Å². The van der Waals surface area contributed by atoms with Gasteiger partial charge in [0, 0.05) is 36.2 Å². The summed E-state index contributed by atoms with van der Waals surface area (Å²) in [4.78, 5) is 34.1. The number of hydrogen-bond donors (Lipinski definition) is 2. The molecule has 200 valence electrons. The average molecular weight is 507 g/mol. The Morgan fingerprint density at radius 3 is 2.38 bits per heavy atom. The zero-order chi connectivity index (χ0) is 26.6. The molecule has 1 aliphatic heterocycles. The molecule has 2 N–H and O–H groups in total. The van der Waals surface area contributed by atoms with Crippen LogP contribution in [0, 0.1) is 0 Å². The maximum Gasteiger partial charge on any atom is 0.248 e. The molecule has 2 aromatic rings. The molecule has 1 aromatic heterocycles. The Kier molecular flexibility index (Phi) is 8.34. The Morgan fingerprint density at radius 2 is 1.81 bits per heavy atom. The molecule has 0 radical (unpaired) electrons. The molecule has 7 heteroatoms. The van der Waals surface area contributed by atoms with Gasteiger partial charge in [0.25, 0.3) is 0 Å². The lowest BCUT2D eigenvalue weighted by Gasteiger charge is -2.39. The number of aromatic nitrogens is 1. The first kappa shape index (κ1) is 27.3. The summed E-state index contributed by atoms with van der Waals surface area (Å²) in [6.07, 6.45) is 8.72. The van der Waals surface area contributed by atoms with Gasteiger partial charge >= 0.3 is 0 Å². The lowest BCUT2D eigenvalue weighted by atomic mass is 9.87. The van der Waals surface area contributed by atoms with E-state index in [2.05, 4.69) is 36.4 Å². The van der Waals surface area contributed by atoms with Crippen LogP contribution >= 0.6 is 0 Å². The Labute approximate surface area is 221 Å². The van der Waals surface area contributed by atoms with Crippen molar-refractivity contribution in [3.05, 3.63) is 59.9 Å². The van der Waals surface area contributed by atoms with Crippen LogP contribution in [0.25, 0.3) is 0 Å². The smallest absolute Gasteiger partial charge is 0.248 e. The van der Waals surface area contributed by atoms with Crippen LogP contribution in [0.5, 0.6) is 0 Å². The molecule has 2 aliphatic rings. The molecule has 4 rings (SSSR count). The number of anilines is 1. The van der Waals surface area contributed by atoms with E-state index in [1.807, 2.05) is 50.2 Å². The highest BCUT2D eigenvalue weighted by atomic mass is 16.5. The summed E-state index contributed by atoms with van der Waals surface area (Å²) < 4.78 is 5.99. The first-order valence-corrected chi connectivity index (χ1v) is 13.6. The van der Waals surface area contributed by atoms with Gasteiger partial charge in [0.15, 0.2) is 0 Å². The third-order valence-electron chi connectivity index (χ3n) is 7.42. The van der Waals surface area contributed by atoms with Gasteiger partial charge in [0.05, 0.1) is 12.2 Å². The molecular formula is C30H42N4O3. The predicted molar refractivity (Wildman–Crippen MR) is 146 cm³/mol. The van der Waals surface area contributed by atoms with Crippen LogP contribution in [0.15, 0.2) is 48.8 Å². The third-order valence-corrected chi connectivity index (χ3v) is 7.42. The summed E-state index contributed by atoms with van der Waals surface area (Å²) in [6, 6.07) is 10.4. The fraction of sp³-hybridized carbons (Fsp3) is 0.567. The van der Waals surface area contributed by atoms with E-state index in [-0.39, 0.29) is 35.5 Å². The number of carbonyl (C=O) groups is 2. The van der Waals surface area contributed by atoms with E-state index >= 15 is 0 Å². The second-order valence-electron chi connectivity index (χ2n) is 12.0. The van der Waals surface area contributed by atoms with Crippen molar-refractivity contribution < 1.29 is 14.3 Å². The van der Waals surface area contributed by atoms with Gasteiger partial charge in [-0.05, 0) is 55.9 Å². The van der Waals surface area contributed by atoms with Crippen LogP contribution in [0.1, 0.15) is 83.9 Å². The van der Waals surface area contributed by atoms with Crippen molar-refractivity contribution in [2.45, 2.75) is 95.9 Å². The molecule has 1 saturated heterocycles. The van der Waals surface area contributed by atoms with Crippen LogP contribution in [0.2, 0.25) is 0 Å². The first-order chi connectivity index (χ1) is 17.5. The molecule has 1 unspecified atom stereocenters. The summed E-state index contributed by atoms with van der Waals surface area (Å²) in [6.45, 7) is 11.3. The second kappa shape index (κ2) is 11.3. The minimum absolute atomic E-state index is 0.0289. The maximum absolute atomic E-state index is 14.2. The summed E-state index contributed by atoms with van der Waals surface area (Å²) in [5.41, 5.74) is 2.14. The fourth-order valence-corrected chi connectivity index (χ4v) is 5.12. The average Bonchev–Trinajstić information content (AvgIpc) is 2.87. The fourth-order valence-electron chi connectivity index (χ4n) is 5.12. The zero-order valence-corrected chi connectivity index (χ0v) is 22.9. The summed E-state index contributed by atoms with van der Waals surface area (Å²) in [7, 11) is 0. The van der Waals surface area contributed by atoms with E-state index in [1.54, 1.807) is 17.3 Å². The molecule has 2 heterocycles. The number of hydrogen-bond acceptors (Lipinski definition) is 5. The summed E-state index contributed by atoms with van der Waals surface area (Å²) in [5, 5.41) is 6.62. The number of benzene rings is 1. The minimum Gasteiger partial charge on any atom is -0.372 e. The second-order valence-corrected chi connectivity index (χ2v) is 12.0. The van der Waals surface area contributed by atoms with Crippen molar-refractivity contribution in [1.82, 2.24) is 15.6 Å². The normalized spacial score (nSPS) is 21.2. The molecule has 0 spiro atoms. The molecule has 2 fully saturated rings. The van der Waals surface area contributed by atoms with Crippen LogP contribution < -0.4 is 15.5 Å². The van der Waals surface area contributed by atoms with Crippen molar-refractivity contribution in [3.8, 4) is 0 Å². The maximum atomic E-state index is 14.2. The van der Waals surface area contributed by atoms with Crippen molar-refractivity contribution in [1.29, 1.82) is 0 Å². The van der Waals surface area contributed by atoms with Gasteiger partial charge in [-0.2, -0.15) is 0 Å². The van der Waals surface area contributed by atoms with Gasteiger partial charge < -0.3 is 15.4 Å². The minimum atomic E-state index is -0.847. The molecule has 1 aromatic carbocycles. The molecule has 0 bridgehead atoms. The van der Waals surface area contributed by atoms with Crippen LogP contribution in [-0.2, 0) is 19.7 Å². The van der Waals surface area contributed by atoms with Crippen LogP contribution in [0.3, 0.4) is 0 Å². The van der Waals surface area contributed by atoms with Gasteiger partial charge in [0.1, 0.15) is 12.1 Å². The summed E-state index contributed by atoms with van der Waals surface area (Å²) >= 11 is 0. The van der Waals surface area contributed by atoms with Crippen molar-refractivity contribution in [2.24, 2.45) is 0 Å². The van der Waals surface area contributed by atoms with E-state index < -0.39 is 12.1 Å². The number of rotatable bonds is 6. The third kappa shape index (κ3) is 6.76. The topological polar surface area (TPSA) is 83.6 Å². The standard InChI is InChI=1S/C30H42N4O3/c1-29(2,3)22-13-15-24(16-14-22)34(28(36)25-19-37-30(4,5)20-32-25)26(21-10-9-17-31-18-21)27(35)33-23-11-7-6-8-12-23/h9-10,13-18,23,25-26,32H,6-8,11-12,19-20H2,1-5H3,(H,33,35)/t25-,26?/m1/s1. The predicted octanol–water partition coefficient (Wildman–Crippen LogP) is 4.67. The van der Waals surface area contributed by atoms with Crippen LogP contribution in [0.4, 0.5) is 5.69 Å². The summed E-state index contributed by atoms with van der Waals surface area (Å²) in [5.74, 6) is -0.364. The SMILES string of the molecule is CC1(C)CN[C@@H](C(=O)N(c2ccc(C(C)(C)C)cc2)C(C(=O)NC2CCCCC2)c2cccnc2)CO1. The first-order valence-electron chi connectivity index (χ1n) is 13.6. The molecule has 7 nitrogen and oxygen atoms in total. The highest BCUT2D eigenvalue weighted by Crippen LogP contribution is 2.32. The van der Waals surface area contributed by atoms with Gasteiger partial charge in [-0.1, -0.05) is 58.2 Å². The highest BCUT2D eigenvalue weighted by Gasteiger charge is 2.40. The number of carbonyl (C=O) groups excluding carboxylic acids is 2. The number of nitrogens with zero attached hydrogens (tertiary/aromatic N) is 2. The lowest BCUT2D eigenvalue weighted by Crippen LogP contribution is -2.59. The molecule has 2 amide bonds. The molecule has 37 heavy (non-hydrogen) atoms. The Hall–Kier alpha value is -2.77. The van der Waals surface area contributed by atoms with Crippen molar-refractivity contribution in [2.75, 3.05) is 18.1 Å². The Balaban J connectivity index is 1.73. The number of pyridine rings is 1. The number of nitrogens with one attached hydrogen (secondary N) is 2. The van der Waals surface area contributed by atoms with Gasteiger partial charge in [-0.15, -0.1) is 0 Å². The van der Waals surface area contributed by atoms with Crippen LogP contribution in [-0.4, -0.2) is 47.6 Å². The van der Waals surface area contributed by atoms with E-state index in [4.69, 9.17) is 4.74 Å².